The number of nitro groups is 1. The van der Waals surface area contributed by atoms with Crippen molar-refractivity contribution in [3.63, 3.8) is 0 Å². The second-order valence-corrected chi connectivity index (χ2v) is 6.09. The van der Waals surface area contributed by atoms with Crippen molar-refractivity contribution in [2.45, 2.75) is 10.9 Å². The van der Waals surface area contributed by atoms with Gasteiger partial charge in [0, 0.05) is 48.5 Å². The van der Waals surface area contributed by atoms with Crippen molar-refractivity contribution >= 4 is 17.4 Å². The van der Waals surface area contributed by atoms with Crippen LogP contribution in [-0.4, -0.2) is 31.8 Å². The molecule has 0 amide bonds. The lowest BCUT2D eigenvalue weighted by molar-refractivity contribution is -0.384. The fraction of sp³-hybridized carbons (Fsp3) is 0.188. The van der Waals surface area contributed by atoms with Gasteiger partial charge in [-0.2, -0.15) is 0 Å². The van der Waals surface area contributed by atoms with Crippen LogP contribution >= 0.6 is 11.8 Å². The summed E-state index contributed by atoms with van der Waals surface area (Å²) >= 11 is 1.43. The number of non-ortho nitro benzene ring substituents is 1. The normalized spacial score (nSPS) is 10.6. The van der Waals surface area contributed by atoms with Crippen LogP contribution in [0.15, 0.2) is 47.9 Å². The molecule has 9 heteroatoms. The Bertz CT molecular complexity index is 898. The van der Waals surface area contributed by atoms with Crippen LogP contribution in [0.4, 0.5) is 5.69 Å². The fourth-order valence-corrected chi connectivity index (χ4v) is 3.21. The Hall–Kier alpha value is -2.94. The van der Waals surface area contributed by atoms with Gasteiger partial charge in [0.15, 0.2) is 11.0 Å². The molecular formula is C16H15N5O3S. The number of benzene rings is 1. The molecule has 0 saturated heterocycles. The molecule has 3 rings (SSSR count). The summed E-state index contributed by atoms with van der Waals surface area (Å²) < 4.78 is 7.15. The lowest BCUT2D eigenvalue weighted by atomic mass is 10.2. The van der Waals surface area contributed by atoms with E-state index in [9.17, 15) is 10.1 Å². The second-order valence-electron chi connectivity index (χ2n) is 5.15. The van der Waals surface area contributed by atoms with E-state index < -0.39 is 4.92 Å². The second kappa shape index (κ2) is 7.31. The molecule has 2 heterocycles. The van der Waals surface area contributed by atoms with Gasteiger partial charge in [-0.25, -0.2) is 0 Å². The fourth-order valence-electron chi connectivity index (χ4n) is 2.32. The Morgan fingerprint density at radius 3 is 2.84 bits per heavy atom. The van der Waals surface area contributed by atoms with E-state index in [1.807, 2.05) is 23.7 Å². The van der Waals surface area contributed by atoms with Crippen molar-refractivity contribution in [1.29, 1.82) is 0 Å². The molecule has 0 N–H and O–H groups in total. The minimum absolute atomic E-state index is 0.0328. The molecule has 0 atom stereocenters. The summed E-state index contributed by atoms with van der Waals surface area (Å²) in [5, 5.41) is 20.1. The number of rotatable bonds is 6. The van der Waals surface area contributed by atoms with Crippen LogP contribution in [0.3, 0.4) is 0 Å². The van der Waals surface area contributed by atoms with Crippen molar-refractivity contribution < 1.29 is 9.66 Å². The average molecular weight is 357 g/mol. The van der Waals surface area contributed by atoms with Crippen LogP contribution in [0.2, 0.25) is 0 Å². The third-order valence-corrected chi connectivity index (χ3v) is 4.66. The van der Waals surface area contributed by atoms with E-state index >= 15 is 0 Å². The number of hydrogen-bond donors (Lipinski definition) is 0. The molecule has 0 aliphatic heterocycles. The zero-order chi connectivity index (χ0) is 17.8. The third kappa shape index (κ3) is 3.61. The molecule has 0 aliphatic rings. The van der Waals surface area contributed by atoms with Gasteiger partial charge < -0.3 is 9.30 Å². The van der Waals surface area contributed by atoms with Crippen molar-refractivity contribution in [1.82, 2.24) is 19.7 Å². The van der Waals surface area contributed by atoms with Gasteiger partial charge in [-0.3, -0.25) is 15.1 Å². The number of nitro benzene ring substituents is 1. The SMILES string of the molecule is COc1ccc([N+](=O)[O-])cc1CSc1nnc(-c2cccnc2)n1C. The summed E-state index contributed by atoms with van der Waals surface area (Å²) in [6.45, 7) is 0. The minimum atomic E-state index is -0.420. The highest BCUT2D eigenvalue weighted by Gasteiger charge is 2.15. The number of hydrogen-bond acceptors (Lipinski definition) is 7. The smallest absolute Gasteiger partial charge is 0.270 e. The molecule has 0 radical (unpaired) electrons. The molecule has 3 aromatic rings. The molecule has 0 bridgehead atoms. The number of thioether (sulfide) groups is 1. The highest BCUT2D eigenvalue weighted by atomic mass is 32.2. The van der Waals surface area contributed by atoms with Gasteiger partial charge in [-0.05, 0) is 18.2 Å². The summed E-state index contributed by atoms with van der Waals surface area (Å²) in [7, 11) is 3.41. The number of pyridine rings is 1. The lowest BCUT2D eigenvalue weighted by Crippen LogP contribution is -1.97. The molecule has 8 nitrogen and oxygen atoms in total. The number of methoxy groups -OCH3 is 1. The Labute approximate surface area is 148 Å². The first-order valence-electron chi connectivity index (χ1n) is 7.34. The van der Waals surface area contributed by atoms with Crippen LogP contribution in [0.1, 0.15) is 5.56 Å². The van der Waals surface area contributed by atoms with Crippen LogP contribution in [-0.2, 0) is 12.8 Å². The van der Waals surface area contributed by atoms with Crippen molar-refractivity contribution in [2.75, 3.05) is 7.11 Å². The molecule has 0 spiro atoms. The van der Waals surface area contributed by atoms with Crippen molar-refractivity contribution in [3.8, 4) is 17.1 Å². The van der Waals surface area contributed by atoms with E-state index in [2.05, 4.69) is 15.2 Å². The van der Waals surface area contributed by atoms with E-state index in [0.29, 0.717) is 22.5 Å². The summed E-state index contributed by atoms with van der Waals surface area (Å²) in [6.07, 6.45) is 3.42. The zero-order valence-electron chi connectivity index (χ0n) is 13.6. The van der Waals surface area contributed by atoms with E-state index in [1.165, 1.54) is 31.0 Å². The van der Waals surface area contributed by atoms with Crippen LogP contribution in [0, 0.1) is 10.1 Å². The predicted octanol–water partition coefficient (Wildman–Crippen LogP) is 3.09. The van der Waals surface area contributed by atoms with Gasteiger partial charge in [0.1, 0.15) is 5.75 Å². The molecule has 0 aliphatic carbocycles. The van der Waals surface area contributed by atoms with E-state index in [0.717, 1.165) is 11.1 Å². The number of aromatic nitrogens is 4. The molecule has 0 unspecified atom stereocenters. The van der Waals surface area contributed by atoms with E-state index in [-0.39, 0.29) is 5.69 Å². The molecule has 2 aromatic heterocycles. The molecular weight excluding hydrogens is 342 g/mol. The van der Waals surface area contributed by atoms with Gasteiger partial charge in [-0.15, -0.1) is 10.2 Å². The first kappa shape index (κ1) is 16.9. The third-order valence-electron chi connectivity index (χ3n) is 3.59. The summed E-state index contributed by atoms with van der Waals surface area (Å²) in [6, 6.07) is 8.30. The van der Waals surface area contributed by atoms with Gasteiger partial charge in [-0.1, -0.05) is 11.8 Å². The first-order chi connectivity index (χ1) is 12.1. The maximum absolute atomic E-state index is 11.0. The zero-order valence-corrected chi connectivity index (χ0v) is 14.4. The predicted molar refractivity (Wildman–Crippen MR) is 93.4 cm³/mol. The number of ether oxygens (including phenoxy) is 1. The maximum atomic E-state index is 11.0. The highest BCUT2D eigenvalue weighted by Crippen LogP contribution is 2.31. The largest absolute Gasteiger partial charge is 0.496 e. The quantitative estimate of drug-likeness (QED) is 0.380. The highest BCUT2D eigenvalue weighted by molar-refractivity contribution is 7.98. The average Bonchev–Trinajstić information content (AvgIpc) is 3.01. The Kier molecular flexibility index (Phi) is 4.94. The minimum Gasteiger partial charge on any atom is -0.496 e. The van der Waals surface area contributed by atoms with Gasteiger partial charge in [0.25, 0.3) is 5.69 Å². The summed E-state index contributed by atoms with van der Waals surface area (Å²) in [5.74, 6) is 1.79. The first-order valence-corrected chi connectivity index (χ1v) is 8.32. The monoisotopic (exact) mass is 357 g/mol. The topological polar surface area (TPSA) is 96.0 Å². The molecule has 25 heavy (non-hydrogen) atoms. The molecule has 1 aromatic carbocycles. The maximum Gasteiger partial charge on any atom is 0.270 e. The van der Waals surface area contributed by atoms with Crippen molar-refractivity contribution in [3.05, 3.63) is 58.4 Å². The standard InChI is InChI=1S/C16H15N5O3S/c1-20-15(11-4-3-7-17-9-11)18-19-16(20)25-10-12-8-13(21(22)23)5-6-14(12)24-2/h3-9H,10H2,1-2H3. The molecule has 128 valence electrons. The Morgan fingerprint density at radius 1 is 1.32 bits per heavy atom. The van der Waals surface area contributed by atoms with Crippen molar-refractivity contribution in [2.24, 2.45) is 7.05 Å². The van der Waals surface area contributed by atoms with E-state index in [1.54, 1.807) is 18.5 Å². The Balaban J connectivity index is 1.82. The number of nitrogens with zero attached hydrogens (tertiary/aromatic N) is 5. The van der Waals surface area contributed by atoms with Crippen LogP contribution < -0.4 is 4.74 Å². The van der Waals surface area contributed by atoms with Gasteiger partial charge in [0.05, 0.1) is 12.0 Å². The van der Waals surface area contributed by atoms with E-state index in [4.69, 9.17) is 4.74 Å². The van der Waals surface area contributed by atoms with Gasteiger partial charge in [0.2, 0.25) is 0 Å². The van der Waals surface area contributed by atoms with Crippen LogP contribution in [0.5, 0.6) is 5.75 Å². The molecule has 0 saturated carbocycles. The molecule has 0 fully saturated rings. The summed E-state index contributed by atoms with van der Waals surface area (Å²) in [4.78, 5) is 14.6. The lowest BCUT2D eigenvalue weighted by Gasteiger charge is -2.08. The van der Waals surface area contributed by atoms with Gasteiger partial charge >= 0.3 is 0 Å². The summed E-state index contributed by atoms with van der Waals surface area (Å²) in [5.41, 5.74) is 1.63. The van der Waals surface area contributed by atoms with Crippen LogP contribution in [0.25, 0.3) is 11.4 Å². The Morgan fingerprint density at radius 2 is 2.16 bits per heavy atom.